The molecule has 0 radical (unpaired) electrons. The van der Waals surface area contributed by atoms with Gasteiger partial charge in [0.25, 0.3) is 0 Å². The summed E-state index contributed by atoms with van der Waals surface area (Å²) in [5.41, 5.74) is 0.531. The van der Waals surface area contributed by atoms with E-state index in [1.165, 1.54) is 6.07 Å². The number of nitrogens with one attached hydrogen (secondary N) is 1. The summed E-state index contributed by atoms with van der Waals surface area (Å²) in [5.74, 6) is 0.656. The second-order valence-electron chi connectivity index (χ2n) is 4.74. The van der Waals surface area contributed by atoms with E-state index in [2.05, 4.69) is 15.3 Å². The van der Waals surface area contributed by atoms with E-state index in [0.29, 0.717) is 11.3 Å². The lowest BCUT2D eigenvalue weighted by Gasteiger charge is -2.12. The number of fused-ring (bicyclic) bond motifs is 1. The first-order valence-electron chi connectivity index (χ1n) is 6.75. The molecule has 7 heteroatoms. The number of rotatable bonds is 3. The molecule has 0 aliphatic heterocycles. The van der Waals surface area contributed by atoms with Gasteiger partial charge in [0.1, 0.15) is 17.0 Å². The number of anilines is 1. The number of halogens is 3. The number of ether oxygens (including phenoxy) is 1. The average Bonchev–Trinajstić information content (AvgIpc) is 2.55. The SMILES string of the molecule is CNc1ccc(Oc2ccc(C(F)(F)F)nc2)c2ncccc12. The fourth-order valence-corrected chi connectivity index (χ4v) is 2.18. The molecule has 0 saturated heterocycles. The first-order valence-corrected chi connectivity index (χ1v) is 6.75. The smallest absolute Gasteiger partial charge is 0.433 e. The highest BCUT2D eigenvalue weighted by Crippen LogP contribution is 2.33. The fraction of sp³-hybridized carbons (Fsp3) is 0.125. The fourth-order valence-electron chi connectivity index (χ4n) is 2.18. The minimum Gasteiger partial charge on any atom is -0.453 e. The van der Waals surface area contributed by atoms with Gasteiger partial charge in [-0.1, -0.05) is 0 Å². The molecule has 3 aromatic rings. The molecule has 0 saturated carbocycles. The van der Waals surface area contributed by atoms with Gasteiger partial charge in [0.2, 0.25) is 0 Å². The lowest BCUT2D eigenvalue weighted by atomic mass is 10.1. The molecule has 0 atom stereocenters. The Morgan fingerprint density at radius 1 is 1.04 bits per heavy atom. The van der Waals surface area contributed by atoms with Gasteiger partial charge >= 0.3 is 6.18 Å². The predicted molar refractivity (Wildman–Crippen MR) is 80.6 cm³/mol. The van der Waals surface area contributed by atoms with Gasteiger partial charge < -0.3 is 10.1 Å². The maximum absolute atomic E-state index is 12.5. The highest BCUT2D eigenvalue weighted by atomic mass is 19.4. The molecule has 2 heterocycles. The Bertz CT molecular complexity index is 832. The molecule has 0 unspecified atom stereocenters. The Morgan fingerprint density at radius 2 is 1.87 bits per heavy atom. The Balaban J connectivity index is 1.96. The van der Waals surface area contributed by atoms with Crippen LogP contribution in [0.15, 0.2) is 48.8 Å². The molecule has 23 heavy (non-hydrogen) atoms. The average molecular weight is 319 g/mol. The van der Waals surface area contributed by atoms with Crippen molar-refractivity contribution in [2.24, 2.45) is 0 Å². The molecule has 0 fully saturated rings. The zero-order chi connectivity index (χ0) is 16.4. The molecule has 2 aromatic heterocycles. The van der Waals surface area contributed by atoms with Crippen molar-refractivity contribution in [3.8, 4) is 11.5 Å². The normalized spacial score (nSPS) is 11.5. The predicted octanol–water partition coefficient (Wildman–Crippen LogP) is 4.48. The van der Waals surface area contributed by atoms with Gasteiger partial charge in [0.15, 0.2) is 5.75 Å². The van der Waals surface area contributed by atoms with E-state index in [0.717, 1.165) is 23.3 Å². The minimum absolute atomic E-state index is 0.210. The van der Waals surface area contributed by atoms with E-state index in [1.54, 1.807) is 25.4 Å². The zero-order valence-corrected chi connectivity index (χ0v) is 12.1. The van der Waals surface area contributed by atoms with Crippen LogP contribution in [0.3, 0.4) is 0 Å². The number of aromatic nitrogens is 2. The van der Waals surface area contributed by atoms with Gasteiger partial charge in [-0.3, -0.25) is 4.98 Å². The quantitative estimate of drug-likeness (QED) is 0.773. The van der Waals surface area contributed by atoms with Crippen LogP contribution >= 0.6 is 0 Å². The summed E-state index contributed by atoms with van der Waals surface area (Å²) in [6.45, 7) is 0. The van der Waals surface area contributed by atoms with E-state index in [4.69, 9.17) is 4.74 Å². The molecule has 1 N–H and O–H groups in total. The Morgan fingerprint density at radius 3 is 2.52 bits per heavy atom. The van der Waals surface area contributed by atoms with Gasteiger partial charge in [-0.15, -0.1) is 0 Å². The number of benzene rings is 1. The molecule has 4 nitrogen and oxygen atoms in total. The first-order chi connectivity index (χ1) is 11.0. The van der Waals surface area contributed by atoms with Crippen LogP contribution in [0, 0.1) is 0 Å². The van der Waals surface area contributed by atoms with E-state index < -0.39 is 11.9 Å². The molecule has 0 aliphatic carbocycles. The van der Waals surface area contributed by atoms with Crippen LogP contribution in [0.2, 0.25) is 0 Å². The molecule has 0 spiro atoms. The molecule has 3 rings (SSSR count). The van der Waals surface area contributed by atoms with Crippen molar-refractivity contribution in [2.45, 2.75) is 6.18 Å². The van der Waals surface area contributed by atoms with Crippen molar-refractivity contribution in [1.82, 2.24) is 9.97 Å². The van der Waals surface area contributed by atoms with Gasteiger partial charge in [0.05, 0.1) is 6.20 Å². The monoisotopic (exact) mass is 319 g/mol. The summed E-state index contributed by atoms with van der Waals surface area (Å²) in [6, 6.07) is 9.32. The second kappa shape index (κ2) is 5.75. The second-order valence-corrected chi connectivity index (χ2v) is 4.74. The maximum atomic E-state index is 12.5. The lowest BCUT2D eigenvalue weighted by Crippen LogP contribution is -2.07. The van der Waals surface area contributed by atoms with Crippen LogP contribution in [0.5, 0.6) is 11.5 Å². The van der Waals surface area contributed by atoms with Crippen molar-refractivity contribution in [1.29, 1.82) is 0 Å². The topological polar surface area (TPSA) is 47.0 Å². The summed E-state index contributed by atoms with van der Waals surface area (Å²) in [5, 5.41) is 3.91. The van der Waals surface area contributed by atoms with E-state index in [1.807, 2.05) is 12.1 Å². The van der Waals surface area contributed by atoms with Crippen LogP contribution in [-0.2, 0) is 6.18 Å². The summed E-state index contributed by atoms with van der Waals surface area (Å²) >= 11 is 0. The Hall–Kier alpha value is -2.83. The Labute approximate surface area is 129 Å². The number of nitrogens with zero attached hydrogens (tertiary/aromatic N) is 2. The van der Waals surface area contributed by atoms with Crippen LogP contribution < -0.4 is 10.1 Å². The molecule has 0 aliphatic rings. The van der Waals surface area contributed by atoms with Gasteiger partial charge in [0, 0.05) is 24.3 Å². The number of pyridine rings is 2. The summed E-state index contributed by atoms with van der Waals surface area (Å²) in [7, 11) is 1.79. The number of hydrogen-bond donors (Lipinski definition) is 1. The summed E-state index contributed by atoms with van der Waals surface area (Å²) in [4.78, 5) is 7.65. The van der Waals surface area contributed by atoms with Crippen molar-refractivity contribution in [3.63, 3.8) is 0 Å². The van der Waals surface area contributed by atoms with Crippen LogP contribution in [0.4, 0.5) is 18.9 Å². The summed E-state index contributed by atoms with van der Waals surface area (Å²) in [6.07, 6.45) is -1.80. The standard InChI is InChI=1S/C16H12F3N3O/c1-20-12-5-6-13(15-11(12)3-2-8-21-15)23-10-4-7-14(22-9-10)16(17,18)19/h2-9,20H,1H3. The maximum Gasteiger partial charge on any atom is 0.433 e. The highest BCUT2D eigenvalue weighted by Gasteiger charge is 2.32. The minimum atomic E-state index is -4.47. The van der Waals surface area contributed by atoms with Gasteiger partial charge in [-0.05, 0) is 36.4 Å². The highest BCUT2D eigenvalue weighted by molar-refractivity contribution is 5.95. The van der Waals surface area contributed by atoms with Crippen molar-refractivity contribution in [3.05, 3.63) is 54.5 Å². The van der Waals surface area contributed by atoms with Gasteiger partial charge in [-0.2, -0.15) is 13.2 Å². The summed E-state index contributed by atoms with van der Waals surface area (Å²) < 4.78 is 43.2. The van der Waals surface area contributed by atoms with E-state index >= 15 is 0 Å². The van der Waals surface area contributed by atoms with Crippen molar-refractivity contribution < 1.29 is 17.9 Å². The molecular formula is C16H12F3N3O. The molecule has 118 valence electrons. The van der Waals surface area contributed by atoms with Gasteiger partial charge in [-0.25, -0.2) is 4.98 Å². The third-order valence-electron chi connectivity index (χ3n) is 3.26. The Kier molecular flexibility index (Phi) is 3.77. The van der Waals surface area contributed by atoms with Crippen molar-refractivity contribution in [2.75, 3.05) is 12.4 Å². The van der Waals surface area contributed by atoms with Crippen LogP contribution in [0.1, 0.15) is 5.69 Å². The third kappa shape index (κ3) is 3.03. The first kappa shape index (κ1) is 15.1. The lowest BCUT2D eigenvalue weighted by molar-refractivity contribution is -0.141. The molecule has 0 amide bonds. The van der Waals surface area contributed by atoms with E-state index in [-0.39, 0.29) is 5.75 Å². The van der Waals surface area contributed by atoms with Crippen LogP contribution in [-0.4, -0.2) is 17.0 Å². The van der Waals surface area contributed by atoms with Crippen molar-refractivity contribution >= 4 is 16.6 Å². The van der Waals surface area contributed by atoms with Crippen LogP contribution in [0.25, 0.3) is 10.9 Å². The third-order valence-corrected chi connectivity index (χ3v) is 3.26. The van der Waals surface area contributed by atoms with E-state index in [9.17, 15) is 13.2 Å². The molecular weight excluding hydrogens is 307 g/mol. The number of alkyl halides is 3. The molecule has 0 bridgehead atoms. The largest absolute Gasteiger partial charge is 0.453 e. The number of hydrogen-bond acceptors (Lipinski definition) is 4. The zero-order valence-electron chi connectivity index (χ0n) is 12.1. The molecule has 1 aromatic carbocycles.